The van der Waals surface area contributed by atoms with Gasteiger partial charge in [-0.05, 0) is 48.9 Å². The van der Waals surface area contributed by atoms with E-state index in [2.05, 4.69) is 0 Å². The predicted molar refractivity (Wildman–Crippen MR) is 97.5 cm³/mol. The van der Waals surface area contributed by atoms with Crippen LogP contribution in [0.4, 0.5) is 11.4 Å². The highest BCUT2D eigenvalue weighted by molar-refractivity contribution is 6.30. The van der Waals surface area contributed by atoms with Gasteiger partial charge in [-0.1, -0.05) is 23.7 Å². The van der Waals surface area contributed by atoms with E-state index in [0.717, 1.165) is 11.4 Å². The molecule has 0 aliphatic rings. The van der Waals surface area contributed by atoms with Crippen LogP contribution in [0.1, 0.15) is 6.92 Å². The topological polar surface area (TPSA) is 46.6 Å². The van der Waals surface area contributed by atoms with Crippen molar-refractivity contribution in [3.63, 3.8) is 0 Å². The summed E-state index contributed by atoms with van der Waals surface area (Å²) in [5.41, 5.74) is 1.48. The van der Waals surface area contributed by atoms with Crippen LogP contribution in [0.15, 0.2) is 58.1 Å². The van der Waals surface area contributed by atoms with Crippen molar-refractivity contribution in [1.29, 1.82) is 0 Å². The van der Waals surface area contributed by atoms with Crippen LogP contribution in [0.3, 0.4) is 0 Å². The second-order valence-electron chi connectivity index (χ2n) is 5.33. The van der Waals surface area contributed by atoms with Crippen molar-refractivity contribution in [3.8, 4) is 16.9 Å². The van der Waals surface area contributed by atoms with Gasteiger partial charge >= 0.3 is 0 Å². The number of ether oxygens (including phenoxy) is 1. The maximum Gasteiger partial charge on any atom is 0.250 e. The molecule has 4 nitrogen and oxygen atoms in total. The Morgan fingerprint density at radius 3 is 2.12 bits per heavy atom. The van der Waals surface area contributed by atoms with E-state index in [-0.39, 0.29) is 0 Å². The minimum absolute atomic E-state index is 0.426. The van der Waals surface area contributed by atoms with Crippen molar-refractivity contribution in [3.05, 3.63) is 74.0 Å². The summed E-state index contributed by atoms with van der Waals surface area (Å²) >= 11 is 5.90. The van der Waals surface area contributed by atoms with Gasteiger partial charge in [0.25, 0.3) is 5.43 Å². The lowest BCUT2D eigenvalue weighted by molar-refractivity contribution is 0.415. The van der Waals surface area contributed by atoms with Crippen molar-refractivity contribution in [1.82, 2.24) is 0 Å². The summed E-state index contributed by atoms with van der Waals surface area (Å²) in [4.78, 5) is 26.2. The molecule has 0 radical (unpaired) electrons. The van der Waals surface area contributed by atoms with Crippen LogP contribution in [-0.4, -0.2) is 13.7 Å². The molecule has 0 atom stereocenters. The van der Waals surface area contributed by atoms with Crippen LogP contribution in [0.2, 0.25) is 5.02 Å². The molecular formula is C19H16ClNO3. The predicted octanol–water partition coefficient (Wildman–Crippen LogP) is 3.77. The molecule has 3 rings (SSSR count). The quantitative estimate of drug-likeness (QED) is 0.663. The first-order valence-corrected chi connectivity index (χ1v) is 7.95. The first-order valence-electron chi connectivity index (χ1n) is 7.57. The zero-order valence-corrected chi connectivity index (χ0v) is 14.1. The van der Waals surface area contributed by atoms with Gasteiger partial charge in [-0.2, -0.15) is 0 Å². The third-order valence-electron chi connectivity index (χ3n) is 3.99. The summed E-state index contributed by atoms with van der Waals surface area (Å²) < 4.78 is 5.16. The lowest BCUT2D eigenvalue weighted by Gasteiger charge is -2.26. The number of benzene rings is 2. The summed E-state index contributed by atoms with van der Waals surface area (Å²) in [6.07, 6.45) is 0. The lowest BCUT2D eigenvalue weighted by Crippen LogP contribution is -2.40. The van der Waals surface area contributed by atoms with E-state index in [0.29, 0.717) is 28.4 Å². The Balaban J connectivity index is 2.07. The Morgan fingerprint density at radius 1 is 0.958 bits per heavy atom. The Hall–Kier alpha value is -2.59. The number of nitrogens with zero attached hydrogens (tertiary/aromatic N) is 1. The molecule has 0 fully saturated rings. The molecule has 3 aromatic carbocycles. The average molecular weight is 342 g/mol. The Labute approximate surface area is 144 Å². The van der Waals surface area contributed by atoms with E-state index in [1.165, 1.54) is 0 Å². The molecule has 0 unspecified atom stereocenters. The van der Waals surface area contributed by atoms with Crippen LogP contribution in [0, 0.1) is 0 Å². The SMILES string of the molecule is CCN(c1ccc(OC)cc1)c1c(-c2ccc(Cl)cc2)c(=O)c1=O. The fourth-order valence-corrected chi connectivity index (χ4v) is 2.88. The number of rotatable bonds is 5. The third kappa shape index (κ3) is 2.69. The monoisotopic (exact) mass is 341 g/mol. The van der Waals surface area contributed by atoms with Gasteiger partial charge in [0.15, 0.2) is 0 Å². The van der Waals surface area contributed by atoms with Crippen LogP contribution < -0.4 is 20.5 Å². The molecule has 24 heavy (non-hydrogen) atoms. The molecule has 0 aromatic heterocycles. The zero-order valence-electron chi connectivity index (χ0n) is 13.4. The minimum Gasteiger partial charge on any atom is -0.497 e. The number of methoxy groups -OCH3 is 1. The van der Waals surface area contributed by atoms with Gasteiger partial charge in [0, 0.05) is 17.3 Å². The maximum absolute atomic E-state index is 12.2. The maximum atomic E-state index is 12.2. The van der Waals surface area contributed by atoms with Gasteiger partial charge < -0.3 is 9.64 Å². The Bertz CT molecular complexity index is 923. The first-order chi connectivity index (χ1) is 11.6. The minimum atomic E-state index is -0.461. The fourth-order valence-electron chi connectivity index (χ4n) is 2.75. The van der Waals surface area contributed by atoms with E-state index in [1.807, 2.05) is 36.1 Å². The summed E-state index contributed by atoms with van der Waals surface area (Å²) in [5, 5.41) is 0.585. The van der Waals surface area contributed by atoms with Gasteiger partial charge in [-0.3, -0.25) is 9.59 Å². The standard InChI is InChI=1S/C19H16ClNO3/c1-3-21(14-8-10-15(24-2)11-9-14)17-16(18(22)19(17)23)12-4-6-13(20)7-5-12/h4-11H,3H2,1-2H3. The smallest absolute Gasteiger partial charge is 0.250 e. The van der Waals surface area contributed by atoms with Gasteiger partial charge in [0.2, 0.25) is 5.43 Å². The van der Waals surface area contributed by atoms with E-state index in [1.54, 1.807) is 31.4 Å². The molecule has 0 bridgehead atoms. The zero-order chi connectivity index (χ0) is 17.3. The van der Waals surface area contributed by atoms with Crippen LogP contribution in [0.5, 0.6) is 5.75 Å². The molecule has 0 aliphatic heterocycles. The number of halogens is 1. The highest BCUT2D eigenvalue weighted by Gasteiger charge is 2.27. The van der Waals surface area contributed by atoms with Crippen molar-refractivity contribution in [2.45, 2.75) is 6.92 Å². The van der Waals surface area contributed by atoms with Crippen molar-refractivity contribution in [2.24, 2.45) is 0 Å². The first kappa shape index (κ1) is 16.3. The second kappa shape index (κ2) is 6.49. The van der Waals surface area contributed by atoms with Gasteiger partial charge in [-0.25, -0.2) is 0 Å². The van der Waals surface area contributed by atoms with E-state index in [9.17, 15) is 9.59 Å². The van der Waals surface area contributed by atoms with E-state index < -0.39 is 10.9 Å². The highest BCUT2D eigenvalue weighted by Crippen LogP contribution is 2.33. The molecule has 0 N–H and O–H groups in total. The fraction of sp³-hybridized carbons (Fsp3) is 0.158. The molecule has 0 saturated carbocycles. The van der Waals surface area contributed by atoms with Gasteiger partial charge in [0.1, 0.15) is 11.4 Å². The normalized spacial score (nSPS) is 10.8. The summed E-state index contributed by atoms with van der Waals surface area (Å²) in [5.74, 6) is 0.734. The Morgan fingerprint density at radius 2 is 1.58 bits per heavy atom. The molecule has 0 aliphatic carbocycles. The number of hydrogen-bond donors (Lipinski definition) is 0. The van der Waals surface area contributed by atoms with Crippen molar-refractivity contribution >= 4 is 23.0 Å². The summed E-state index contributed by atoms with van der Waals surface area (Å²) in [6, 6.07) is 14.3. The molecule has 3 aromatic rings. The summed E-state index contributed by atoms with van der Waals surface area (Å²) in [6.45, 7) is 2.50. The molecule has 0 amide bonds. The molecule has 0 spiro atoms. The van der Waals surface area contributed by atoms with Gasteiger partial charge in [0.05, 0.1) is 12.7 Å². The molecular weight excluding hydrogens is 326 g/mol. The molecule has 122 valence electrons. The van der Waals surface area contributed by atoms with Crippen LogP contribution in [0.25, 0.3) is 11.1 Å². The number of hydrogen-bond acceptors (Lipinski definition) is 4. The average Bonchev–Trinajstić information content (AvgIpc) is 2.63. The lowest BCUT2D eigenvalue weighted by atomic mass is 9.97. The Kier molecular flexibility index (Phi) is 4.40. The van der Waals surface area contributed by atoms with Crippen molar-refractivity contribution < 1.29 is 4.74 Å². The summed E-state index contributed by atoms with van der Waals surface area (Å²) in [7, 11) is 1.60. The second-order valence-corrected chi connectivity index (χ2v) is 5.77. The highest BCUT2D eigenvalue weighted by atomic mass is 35.5. The third-order valence-corrected chi connectivity index (χ3v) is 4.24. The largest absolute Gasteiger partial charge is 0.497 e. The van der Waals surface area contributed by atoms with Crippen molar-refractivity contribution in [2.75, 3.05) is 18.6 Å². The van der Waals surface area contributed by atoms with Gasteiger partial charge in [-0.15, -0.1) is 0 Å². The molecule has 5 heteroatoms. The number of anilines is 2. The van der Waals surface area contributed by atoms with E-state index in [4.69, 9.17) is 16.3 Å². The van der Waals surface area contributed by atoms with E-state index >= 15 is 0 Å². The van der Waals surface area contributed by atoms with Crippen LogP contribution in [-0.2, 0) is 0 Å². The molecule has 0 saturated heterocycles. The van der Waals surface area contributed by atoms with Crippen LogP contribution >= 0.6 is 11.6 Å². The molecule has 0 heterocycles.